The third kappa shape index (κ3) is 4.65. The summed E-state index contributed by atoms with van der Waals surface area (Å²) in [6, 6.07) is 3.40. The number of amides is 1. The molecule has 2 heterocycles. The van der Waals surface area contributed by atoms with Crippen LogP contribution in [-0.4, -0.2) is 60.3 Å². The Kier molecular flexibility index (Phi) is 5.59. The van der Waals surface area contributed by atoms with Gasteiger partial charge < -0.3 is 14.8 Å². The first kappa shape index (κ1) is 17.7. The molecule has 1 saturated heterocycles. The van der Waals surface area contributed by atoms with Crippen molar-refractivity contribution in [3.8, 4) is 5.88 Å². The molecule has 1 aliphatic rings. The van der Waals surface area contributed by atoms with Crippen molar-refractivity contribution in [1.82, 2.24) is 15.2 Å². The van der Waals surface area contributed by atoms with E-state index in [1.807, 2.05) is 0 Å². The van der Waals surface area contributed by atoms with Gasteiger partial charge in [-0.1, -0.05) is 0 Å². The van der Waals surface area contributed by atoms with Crippen molar-refractivity contribution in [2.24, 2.45) is 0 Å². The largest absolute Gasteiger partial charge is 0.481 e. The molecule has 1 fully saturated rings. The van der Waals surface area contributed by atoms with Crippen LogP contribution in [0.15, 0.2) is 18.3 Å². The number of morpholine rings is 1. The van der Waals surface area contributed by atoms with Crippen molar-refractivity contribution in [2.45, 2.75) is 45.4 Å². The summed E-state index contributed by atoms with van der Waals surface area (Å²) in [6.07, 6.45) is 1.94. The van der Waals surface area contributed by atoms with Crippen molar-refractivity contribution in [3.63, 3.8) is 0 Å². The fourth-order valence-electron chi connectivity index (χ4n) is 2.82. The molecule has 0 spiro atoms. The number of hydrogen-bond donors (Lipinski definition) is 1. The average Bonchev–Trinajstić information content (AvgIpc) is 2.52. The highest BCUT2D eigenvalue weighted by atomic mass is 16.5. The number of carbonyl (C=O) groups is 1. The molecule has 1 aromatic rings. The molecular weight excluding hydrogens is 294 g/mol. The monoisotopic (exact) mass is 321 g/mol. The number of hydrogen-bond acceptors (Lipinski definition) is 5. The lowest BCUT2D eigenvalue weighted by molar-refractivity contribution is -0.0948. The molecule has 6 nitrogen and oxygen atoms in total. The number of carbonyl (C=O) groups excluding carboxylic acids is 1. The zero-order chi connectivity index (χ0) is 17.0. The van der Waals surface area contributed by atoms with Crippen LogP contribution in [0.5, 0.6) is 5.88 Å². The summed E-state index contributed by atoms with van der Waals surface area (Å²) in [5, 5.41) is 3.00. The van der Waals surface area contributed by atoms with E-state index in [9.17, 15) is 4.79 Å². The number of rotatable bonds is 5. The zero-order valence-electron chi connectivity index (χ0n) is 14.6. The van der Waals surface area contributed by atoms with Crippen LogP contribution in [0.25, 0.3) is 0 Å². The van der Waals surface area contributed by atoms with E-state index in [-0.39, 0.29) is 23.7 Å². The summed E-state index contributed by atoms with van der Waals surface area (Å²) in [7, 11) is 1.55. The molecule has 0 aromatic carbocycles. The fourth-order valence-corrected chi connectivity index (χ4v) is 2.82. The minimum atomic E-state index is -0.137. The molecule has 0 saturated carbocycles. The second-order valence-electron chi connectivity index (χ2n) is 6.75. The lowest BCUT2D eigenvalue weighted by atomic mass is 10.00. The normalized spacial score (nSPS) is 22.7. The molecule has 0 aliphatic carbocycles. The minimum absolute atomic E-state index is 0.123. The Labute approximate surface area is 138 Å². The van der Waals surface area contributed by atoms with Crippen molar-refractivity contribution >= 4 is 5.91 Å². The lowest BCUT2D eigenvalue weighted by Crippen LogP contribution is -2.58. The van der Waals surface area contributed by atoms with Crippen LogP contribution in [-0.2, 0) is 4.74 Å². The van der Waals surface area contributed by atoms with Gasteiger partial charge >= 0.3 is 0 Å². The molecule has 6 heteroatoms. The summed E-state index contributed by atoms with van der Waals surface area (Å²) >= 11 is 0. The van der Waals surface area contributed by atoms with E-state index < -0.39 is 0 Å². The lowest BCUT2D eigenvalue weighted by Gasteiger charge is -2.45. The smallest absolute Gasteiger partial charge is 0.252 e. The van der Waals surface area contributed by atoms with E-state index >= 15 is 0 Å². The van der Waals surface area contributed by atoms with Crippen LogP contribution >= 0.6 is 0 Å². The first-order valence-corrected chi connectivity index (χ1v) is 8.00. The van der Waals surface area contributed by atoms with Gasteiger partial charge in [0, 0.05) is 37.4 Å². The molecule has 23 heavy (non-hydrogen) atoms. The SMILES string of the molecule is COc1ccc(C(=O)NCC(C)(C)N2C[C@@H](C)O[C@H](C)C2)cn1. The molecule has 2 rings (SSSR count). The van der Waals surface area contributed by atoms with Gasteiger partial charge in [0.1, 0.15) is 0 Å². The summed E-state index contributed by atoms with van der Waals surface area (Å²) < 4.78 is 10.8. The predicted octanol–water partition coefficient (Wildman–Crippen LogP) is 1.71. The highest BCUT2D eigenvalue weighted by molar-refractivity contribution is 5.93. The second kappa shape index (κ2) is 7.27. The quantitative estimate of drug-likeness (QED) is 0.894. The van der Waals surface area contributed by atoms with Gasteiger partial charge in [0.25, 0.3) is 5.91 Å². The number of nitrogens with zero attached hydrogens (tertiary/aromatic N) is 2. The van der Waals surface area contributed by atoms with Crippen LogP contribution in [0.2, 0.25) is 0 Å². The van der Waals surface area contributed by atoms with Crippen LogP contribution < -0.4 is 10.1 Å². The molecular formula is C17H27N3O3. The molecule has 128 valence electrons. The van der Waals surface area contributed by atoms with E-state index in [4.69, 9.17) is 9.47 Å². The van der Waals surface area contributed by atoms with Gasteiger partial charge in [-0.25, -0.2) is 4.98 Å². The van der Waals surface area contributed by atoms with Crippen LogP contribution in [0.1, 0.15) is 38.1 Å². The number of pyridine rings is 1. The molecule has 0 bridgehead atoms. The molecule has 1 aromatic heterocycles. The van der Waals surface area contributed by atoms with Gasteiger partial charge in [-0.05, 0) is 33.8 Å². The van der Waals surface area contributed by atoms with Crippen molar-refractivity contribution < 1.29 is 14.3 Å². The van der Waals surface area contributed by atoms with E-state index in [1.54, 1.807) is 19.2 Å². The third-order valence-corrected chi connectivity index (χ3v) is 4.16. The van der Waals surface area contributed by atoms with Crippen LogP contribution in [0.3, 0.4) is 0 Å². The van der Waals surface area contributed by atoms with Gasteiger partial charge in [0.05, 0.1) is 24.9 Å². The minimum Gasteiger partial charge on any atom is -0.481 e. The Morgan fingerprint density at radius 1 is 1.39 bits per heavy atom. The molecule has 1 N–H and O–H groups in total. The maximum Gasteiger partial charge on any atom is 0.252 e. The van der Waals surface area contributed by atoms with Crippen molar-refractivity contribution in [3.05, 3.63) is 23.9 Å². The molecule has 2 atom stereocenters. The third-order valence-electron chi connectivity index (χ3n) is 4.16. The van der Waals surface area contributed by atoms with E-state index in [0.717, 1.165) is 13.1 Å². The summed E-state index contributed by atoms with van der Waals surface area (Å²) in [5.74, 6) is 0.376. The maximum absolute atomic E-state index is 12.3. The van der Waals surface area contributed by atoms with Crippen LogP contribution in [0, 0.1) is 0 Å². The number of nitrogens with one attached hydrogen (secondary N) is 1. The molecule has 1 aliphatic heterocycles. The van der Waals surface area contributed by atoms with Gasteiger partial charge in [-0.3, -0.25) is 9.69 Å². The van der Waals surface area contributed by atoms with E-state index in [0.29, 0.717) is 18.0 Å². The first-order chi connectivity index (χ1) is 10.8. The van der Waals surface area contributed by atoms with Gasteiger partial charge in [-0.2, -0.15) is 0 Å². The Hall–Kier alpha value is -1.66. The maximum atomic E-state index is 12.3. The zero-order valence-corrected chi connectivity index (χ0v) is 14.6. The van der Waals surface area contributed by atoms with Gasteiger partial charge in [0.2, 0.25) is 5.88 Å². The summed E-state index contributed by atoms with van der Waals surface area (Å²) in [4.78, 5) is 18.7. The topological polar surface area (TPSA) is 63.7 Å². The molecule has 0 radical (unpaired) electrons. The second-order valence-corrected chi connectivity index (χ2v) is 6.75. The van der Waals surface area contributed by atoms with Crippen molar-refractivity contribution in [1.29, 1.82) is 0 Å². The average molecular weight is 321 g/mol. The van der Waals surface area contributed by atoms with Crippen molar-refractivity contribution in [2.75, 3.05) is 26.7 Å². The first-order valence-electron chi connectivity index (χ1n) is 8.00. The molecule has 0 unspecified atom stereocenters. The van der Waals surface area contributed by atoms with E-state index in [2.05, 4.69) is 42.9 Å². The Morgan fingerprint density at radius 2 is 2.04 bits per heavy atom. The number of aromatic nitrogens is 1. The number of ether oxygens (including phenoxy) is 2. The fraction of sp³-hybridized carbons (Fsp3) is 0.647. The van der Waals surface area contributed by atoms with Gasteiger partial charge in [0.15, 0.2) is 0 Å². The molecule has 1 amide bonds. The summed E-state index contributed by atoms with van der Waals surface area (Å²) in [6.45, 7) is 10.8. The highest BCUT2D eigenvalue weighted by Gasteiger charge is 2.33. The standard InChI is InChI=1S/C17H27N3O3/c1-12-9-20(10-13(2)23-12)17(3,4)11-19-16(21)14-6-7-15(22-5)18-8-14/h6-8,12-13H,9-11H2,1-5H3,(H,19,21)/t12-,13-/m1/s1. The Morgan fingerprint density at radius 3 is 2.57 bits per heavy atom. The van der Waals surface area contributed by atoms with Gasteiger partial charge in [-0.15, -0.1) is 0 Å². The highest BCUT2D eigenvalue weighted by Crippen LogP contribution is 2.20. The predicted molar refractivity (Wildman–Crippen MR) is 88.8 cm³/mol. The number of methoxy groups -OCH3 is 1. The summed E-state index contributed by atoms with van der Waals surface area (Å²) in [5.41, 5.74) is 0.396. The Bertz CT molecular complexity index is 520. The van der Waals surface area contributed by atoms with E-state index in [1.165, 1.54) is 6.20 Å². The Balaban J connectivity index is 1.93. The van der Waals surface area contributed by atoms with Crippen LogP contribution in [0.4, 0.5) is 0 Å².